The molecular weight excluding hydrogens is 361 g/mol. The van der Waals surface area contributed by atoms with E-state index in [2.05, 4.69) is 10.6 Å². The molecule has 0 aliphatic rings. The van der Waals surface area contributed by atoms with Gasteiger partial charge in [-0.1, -0.05) is 17.7 Å². The highest BCUT2D eigenvalue weighted by molar-refractivity contribution is 7.10. The summed E-state index contributed by atoms with van der Waals surface area (Å²) in [4.78, 5) is 13.2. The van der Waals surface area contributed by atoms with Crippen LogP contribution in [0.5, 0.6) is 0 Å². The first-order chi connectivity index (χ1) is 11.2. The second-order valence-corrected chi connectivity index (χ2v) is 6.69. The Bertz CT molecular complexity index is 704. The van der Waals surface area contributed by atoms with Crippen LogP contribution in [0.25, 0.3) is 0 Å². The monoisotopic (exact) mass is 376 g/mol. The number of hydrogen-bond donors (Lipinski definition) is 2. The Hall–Kier alpha value is -1.57. The second-order valence-electron chi connectivity index (χ2n) is 5.31. The predicted molar refractivity (Wildman–Crippen MR) is 90.4 cm³/mol. The summed E-state index contributed by atoms with van der Waals surface area (Å²) in [6, 6.07) is 6.53. The van der Waals surface area contributed by atoms with E-state index >= 15 is 0 Å². The fourth-order valence-corrected chi connectivity index (χ4v) is 3.11. The molecule has 0 aliphatic carbocycles. The molecular formula is C16H16ClF3N2OS. The van der Waals surface area contributed by atoms with Gasteiger partial charge in [0.15, 0.2) is 0 Å². The Morgan fingerprint density at radius 2 is 1.96 bits per heavy atom. The number of hydrogen-bond acceptors (Lipinski definition) is 3. The van der Waals surface area contributed by atoms with Gasteiger partial charge in [0.25, 0.3) is 0 Å². The summed E-state index contributed by atoms with van der Waals surface area (Å²) in [5.41, 5.74) is -0.927. The first-order valence-electron chi connectivity index (χ1n) is 7.15. The van der Waals surface area contributed by atoms with Crippen molar-refractivity contribution < 1.29 is 18.0 Å². The van der Waals surface area contributed by atoms with Gasteiger partial charge in [0.05, 0.1) is 16.6 Å². The molecule has 0 unspecified atom stereocenters. The van der Waals surface area contributed by atoms with Crippen molar-refractivity contribution in [2.45, 2.75) is 32.1 Å². The number of benzene rings is 1. The Labute approximate surface area is 146 Å². The van der Waals surface area contributed by atoms with E-state index in [0.717, 1.165) is 17.0 Å². The average molecular weight is 377 g/mol. The maximum atomic E-state index is 12.8. The number of rotatable bonds is 5. The largest absolute Gasteiger partial charge is 0.417 e. The van der Waals surface area contributed by atoms with Crippen LogP contribution in [0.3, 0.4) is 0 Å². The van der Waals surface area contributed by atoms with Gasteiger partial charge >= 0.3 is 6.18 Å². The fourth-order valence-electron chi connectivity index (χ4n) is 2.14. The van der Waals surface area contributed by atoms with E-state index in [1.54, 1.807) is 18.3 Å². The standard InChI is InChI=1S/C16H16ClF3N2OS/c1-9(14-4-3-7-24-14)21-10(2)15(23)22-11-5-6-13(17)12(8-11)16(18,19)20/h3-10,21H,1-2H3,(H,22,23)/t9-,10+/m0/s1. The van der Waals surface area contributed by atoms with Crippen LogP contribution in [0.4, 0.5) is 18.9 Å². The minimum atomic E-state index is -4.57. The third-order valence-electron chi connectivity index (χ3n) is 3.40. The van der Waals surface area contributed by atoms with Gasteiger partial charge in [0.2, 0.25) is 5.91 Å². The van der Waals surface area contributed by atoms with Crippen LogP contribution in [0.15, 0.2) is 35.7 Å². The van der Waals surface area contributed by atoms with Crippen LogP contribution >= 0.6 is 22.9 Å². The van der Waals surface area contributed by atoms with E-state index in [1.165, 1.54) is 6.07 Å². The molecule has 2 rings (SSSR count). The Morgan fingerprint density at radius 1 is 1.25 bits per heavy atom. The number of amides is 1. The quantitative estimate of drug-likeness (QED) is 0.762. The minimum Gasteiger partial charge on any atom is -0.325 e. The molecule has 1 heterocycles. The highest BCUT2D eigenvalue weighted by atomic mass is 35.5. The molecule has 2 atom stereocenters. The van der Waals surface area contributed by atoms with Crippen LogP contribution < -0.4 is 10.6 Å². The molecule has 2 N–H and O–H groups in total. The third kappa shape index (κ3) is 4.72. The first kappa shape index (κ1) is 18.8. The fraction of sp³-hybridized carbons (Fsp3) is 0.312. The summed E-state index contributed by atoms with van der Waals surface area (Å²) in [7, 11) is 0. The molecule has 0 saturated carbocycles. The first-order valence-corrected chi connectivity index (χ1v) is 8.41. The number of halogens is 4. The molecule has 8 heteroatoms. The molecule has 24 heavy (non-hydrogen) atoms. The zero-order valence-electron chi connectivity index (χ0n) is 12.9. The maximum absolute atomic E-state index is 12.8. The Kier molecular flexibility index (Phi) is 5.90. The summed E-state index contributed by atoms with van der Waals surface area (Å²) >= 11 is 7.12. The number of anilines is 1. The van der Waals surface area contributed by atoms with Gasteiger partial charge < -0.3 is 5.32 Å². The van der Waals surface area contributed by atoms with E-state index in [4.69, 9.17) is 11.6 Å². The summed E-state index contributed by atoms with van der Waals surface area (Å²) < 4.78 is 38.5. The maximum Gasteiger partial charge on any atom is 0.417 e. The van der Waals surface area contributed by atoms with E-state index < -0.39 is 28.7 Å². The zero-order chi connectivity index (χ0) is 17.9. The van der Waals surface area contributed by atoms with Gasteiger partial charge in [-0.05, 0) is 43.5 Å². The normalized spacial score (nSPS) is 14.2. The lowest BCUT2D eigenvalue weighted by molar-refractivity contribution is -0.137. The molecule has 0 bridgehead atoms. The topological polar surface area (TPSA) is 41.1 Å². The van der Waals surface area contributed by atoms with Crippen molar-refractivity contribution in [2.24, 2.45) is 0 Å². The molecule has 3 nitrogen and oxygen atoms in total. The van der Waals surface area contributed by atoms with Crippen LogP contribution in [-0.2, 0) is 11.0 Å². The summed E-state index contributed by atoms with van der Waals surface area (Å²) in [6.07, 6.45) is -4.57. The molecule has 0 spiro atoms. The molecule has 1 aromatic carbocycles. The van der Waals surface area contributed by atoms with Crippen LogP contribution in [-0.4, -0.2) is 11.9 Å². The minimum absolute atomic E-state index is 0.0401. The van der Waals surface area contributed by atoms with Gasteiger partial charge in [0.1, 0.15) is 0 Å². The van der Waals surface area contributed by atoms with E-state index in [0.29, 0.717) is 0 Å². The Balaban J connectivity index is 2.04. The van der Waals surface area contributed by atoms with Gasteiger partial charge in [-0.2, -0.15) is 13.2 Å². The summed E-state index contributed by atoms with van der Waals surface area (Å²) in [5.74, 6) is -0.422. The second kappa shape index (κ2) is 7.55. The number of alkyl halides is 3. The SMILES string of the molecule is C[C@H](N[C@H](C)C(=O)Nc1ccc(Cl)c(C(F)(F)F)c1)c1cccs1. The van der Waals surface area contributed by atoms with Crippen molar-refractivity contribution in [2.75, 3.05) is 5.32 Å². The summed E-state index contributed by atoms with van der Waals surface area (Å²) in [5, 5.41) is 7.11. The number of nitrogens with one attached hydrogen (secondary N) is 2. The highest BCUT2D eigenvalue weighted by Gasteiger charge is 2.33. The lowest BCUT2D eigenvalue weighted by atomic mass is 10.1. The molecule has 0 aliphatic heterocycles. The highest BCUT2D eigenvalue weighted by Crippen LogP contribution is 2.36. The van der Waals surface area contributed by atoms with Crippen LogP contribution in [0.2, 0.25) is 5.02 Å². The van der Waals surface area contributed by atoms with Crippen molar-refractivity contribution in [3.63, 3.8) is 0 Å². The van der Waals surface area contributed by atoms with Crippen molar-refractivity contribution in [3.05, 3.63) is 51.2 Å². The molecule has 130 valence electrons. The van der Waals surface area contributed by atoms with E-state index in [9.17, 15) is 18.0 Å². The lowest BCUT2D eigenvalue weighted by Crippen LogP contribution is -2.39. The van der Waals surface area contributed by atoms with E-state index in [1.807, 2.05) is 24.4 Å². The van der Waals surface area contributed by atoms with Gasteiger partial charge in [-0.3, -0.25) is 10.1 Å². The predicted octanol–water partition coefficient (Wildman–Crippen LogP) is 5.10. The number of thiophene rings is 1. The Morgan fingerprint density at radius 3 is 2.54 bits per heavy atom. The van der Waals surface area contributed by atoms with E-state index in [-0.39, 0.29) is 11.7 Å². The lowest BCUT2D eigenvalue weighted by Gasteiger charge is -2.19. The van der Waals surface area contributed by atoms with Gasteiger partial charge in [-0.25, -0.2) is 0 Å². The number of carbonyl (C=O) groups is 1. The van der Waals surface area contributed by atoms with Crippen LogP contribution in [0, 0.1) is 0 Å². The molecule has 0 radical (unpaired) electrons. The molecule has 0 saturated heterocycles. The third-order valence-corrected chi connectivity index (χ3v) is 4.79. The number of carbonyl (C=O) groups excluding carboxylic acids is 1. The zero-order valence-corrected chi connectivity index (χ0v) is 14.5. The van der Waals surface area contributed by atoms with Crippen LogP contribution in [0.1, 0.15) is 30.3 Å². The van der Waals surface area contributed by atoms with Gasteiger partial charge in [-0.15, -0.1) is 11.3 Å². The van der Waals surface area contributed by atoms with Crippen molar-refractivity contribution in [1.82, 2.24) is 5.32 Å². The smallest absolute Gasteiger partial charge is 0.325 e. The average Bonchev–Trinajstić information content (AvgIpc) is 3.02. The van der Waals surface area contributed by atoms with Crippen molar-refractivity contribution >= 4 is 34.5 Å². The molecule has 1 aromatic heterocycles. The van der Waals surface area contributed by atoms with Crippen molar-refractivity contribution in [1.29, 1.82) is 0 Å². The van der Waals surface area contributed by atoms with Gasteiger partial charge in [0, 0.05) is 16.6 Å². The van der Waals surface area contributed by atoms with Crippen molar-refractivity contribution in [3.8, 4) is 0 Å². The molecule has 0 fully saturated rings. The summed E-state index contributed by atoms with van der Waals surface area (Å²) in [6.45, 7) is 3.57. The molecule has 1 amide bonds. The molecule has 2 aromatic rings.